The number of nitrogens with zero attached hydrogens (tertiary/aromatic N) is 2. The van der Waals surface area contributed by atoms with Crippen LogP contribution in [0, 0.1) is 5.82 Å². The highest BCUT2D eigenvalue weighted by atomic mass is 32.2. The molecule has 2 heterocycles. The second kappa shape index (κ2) is 6.97. The molecule has 2 aromatic heterocycles. The predicted octanol–water partition coefficient (Wildman–Crippen LogP) is 4.45. The minimum Gasteiger partial charge on any atom is -0.423 e. The molecule has 0 aliphatic rings. The van der Waals surface area contributed by atoms with Crippen LogP contribution < -0.4 is 10.0 Å². The molecule has 8 heteroatoms. The fourth-order valence-corrected chi connectivity index (χ4v) is 3.44. The number of hydrogen-bond acceptors (Lipinski definition) is 5. The molecule has 0 saturated carbocycles. The molecule has 0 fully saturated rings. The van der Waals surface area contributed by atoms with Gasteiger partial charge in [0.1, 0.15) is 5.82 Å². The Balaban J connectivity index is 1.61. The van der Waals surface area contributed by atoms with Gasteiger partial charge in [-0.3, -0.25) is 4.98 Å². The third-order valence-corrected chi connectivity index (χ3v) is 4.64. The Labute approximate surface area is 161 Å². The Kier molecular flexibility index (Phi) is 4.48. The van der Waals surface area contributed by atoms with Crippen molar-refractivity contribution in [3.05, 3.63) is 66.9 Å². The van der Waals surface area contributed by atoms with Gasteiger partial charge in [-0.25, -0.2) is 13.6 Å². The van der Waals surface area contributed by atoms with Crippen molar-refractivity contribution in [2.24, 2.45) is 0 Å². The maximum atomic E-state index is 14.8. The van der Waals surface area contributed by atoms with Crippen LogP contribution in [-0.2, 0) is 9.71 Å². The molecular weight excluding hydrogens is 379 g/mol. The molecule has 6 nitrogen and oxygen atoms in total. The van der Waals surface area contributed by atoms with E-state index in [2.05, 4.69) is 25.9 Å². The molecule has 2 N–H and O–H groups in total. The lowest BCUT2D eigenvalue weighted by atomic mass is 10.1. The van der Waals surface area contributed by atoms with Crippen molar-refractivity contribution in [3.63, 3.8) is 0 Å². The maximum absolute atomic E-state index is 14.8. The van der Waals surface area contributed by atoms with Crippen molar-refractivity contribution in [2.45, 2.75) is 0 Å². The lowest BCUT2D eigenvalue weighted by Gasteiger charge is -2.09. The lowest BCUT2D eigenvalue weighted by Crippen LogP contribution is -2.09. The van der Waals surface area contributed by atoms with Crippen LogP contribution in [0.1, 0.15) is 0 Å². The van der Waals surface area contributed by atoms with Gasteiger partial charge in [0.2, 0.25) is 0 Å². The summed E-state index contributed by atoms with van der Waals surface area (Å²) >= 11 is 0. The van der Waals surface area contributed by atoms with Crippen LogP contribution in [0.5, 0.6) is 0 Å². The van der Waals surface area contributed by atoms with Gasteiger partial charge in [-0.15, -0.1) is 0 Å². The van der Waals surface area contributed by atoms with E-state index in [9.17, 15) is 8.60 Å². The van der Waals surface area contributed by atoms with Crippen LogP contribution >= 0.6 is 0 Å². The Bertz CT molecular complexity index is 1270. The fourth-order valence-electron chi connectivity index (χ4n) is 2.81. The van der Waals surface area contributed by atoms with E-state index >= 15 is 0 Å². The highest BCUT2D eigenvalue weighted by molar-refractivity contribution is 8.00. The van der Waals surface area contributed by atoms with Gasteiger partial charge < -0.3 is 14.5 Å². The zero-order valence-corrected chi connectivity index (χ0v) is 15.8. The largest absolute Gasteiger partial charge is 0.423 e. The van der Waals surface area contributed by atoms with E-state index in [0.29, 0.717) is 33.5 Å². The van der Waals surface area contributed by atoms with Gasteiger partial charge >= 0.3 is 0 Å². The topological polar surface area (TPSA) is 80.0 Å². The number of hydrogen-bond donors (Lipinski definition) is 2. The first-order chi connectivity index (χ1) is 13.4. The zero-order chi connectivity index (χ0) is 19.7. The number of oxazole rings is 1. The van der Waals surface area contributed by atoms with E-state index in [1.807, 2.05) is 0 Å². The average molecular weight is 396 g/mol. The van der Waals surface area contributed by atoms with Gasteiger partial charge in [0.05, 0.1) is 11.8 Å². The van der Waals surface area contributed by atoms with E-state index in [4.69, 9.17) is 4.42 Å². The standard InChI is InChI=1S/C20H17FN4O2S/c1-28(2,26)25-15-5-3-4-14(10-15)24-20-23-12-18(27-20)17-7-6-13-11-22-9-8-16(13)19(17)21/h3-12H,1H2,2H3,(H,23,24)(H,25,26). The highest BCUT2D eigenvalue weighted by Gasteiger charge is 2.14. The van der Waals surface area contributed by atoms with Gasteiger partial charge in [-0.1, -0.05) is 12.1 Å². The third-order valence-electron chi connectivity index (χ3n) is 3.97. The average Bonchev–Trinajstić information content (AvgIpc) is 3.09. The number of pyridine rings is 1. The van der Waals surface area contributed by atoms with Gasteiger partial charge in [-0.2, -0.15) is 0 Å². The molecule has 0 amide bonds. The number of nitrogens with one attached hydrogen (secondary N) is 2. The summed E-state index contributed by atoms with van der Waals surface area (Å²) in [5, 5.41) is 4.19. The Morgan fingerprint density at radius 2 is 1.96 bits per heavy atom. The maximum Gasteiger partial charge on any atom is 0.299 e. The van der Waals surface area contributed by atoms with Crippen molar-refractivity contribution in [1.82, 2.24) is 9.97 Å². The number of aromatic nitrogens is 2. The number of fused-ring (bicyclic) bond motifs is 1. The van der Waals surface area contributed by atoms with Crippen LogP contribution in [-0.4, -0.2) is 26.3 Å². The van der Waals surface area contributed by atoms with Gasteiger partial charge in [0, 0.05) is 50.5 Å². The Hall–Kier alpha value is -3.39. The molecule has 28 heavy (non-hydrogen) atoms. The van der Waals surface area contributed by atoms with Crippen molar-refractivity contribution in [1.29, 1.82) is 0 Å². The van der Waals surface area contributed by atoms with Crippen LogP contribution in [0.25, 0.3) is 22.1 Å². The first kappa shape index (κ1) is 18.0. The second-order valence-electron chi connectivity index (χ2n) is 6.37. The molecule has 0 bridgehead atoms. The molecule has 142 valence electrons. The molecule has 4 rings (SSSR count). The molecule has 0 saturated heterocycles. The Morgan fingerprint density at radius 3 is 2.79 bits per heavy atom. The van der Waals surface area contributed by atoms with Gasteiger partial charge in [-0.05, 0) is 36.2 Å². The summed E-state index contributed by atoms with van der Waals surface area (Å²) in [6.45, 7) is 0. The predicted molar refractivity (Wildman–Crippen MR) is 112 cm³/mol. The number of rotatable bonds is 5. The van der Waals surface area contributed by atoms with Gasteiger partial charge in [0.25, 0.3) is 6.01 Å². The van der Waals surface area contributed by atoms with Crippen LogP contribution in [0.15, 0.2) is 65.5 Å². The highest BCUT2D eigenvalue weighted by Crippen LogP contribution is 2.31. The molecular formula is C20H17FN4O2S. The first-order valence-electron chi connectivity index (χ1n) is 8.34. The monoisotopic (exact) mass is 396 g/mol. The zero-order valence-electron chi connectivity index (χ0n) is 15.0. The molecule has 0 aliphatic heterocycles. The van der Waals surface area contributed by atoms with Crippen molar-refractivity contribution >= 4 is 43.7 Å². The molecule has 4 aromatic rings. The summed E-state index contributed by atoms with van der Waals surface area (Å²) in [5.74, 6) is 3.49. The van der Waals surface area contributed by atoms with Crippen molar-refractivity contribution in [3.8, 4) is 11.3 Å². The summed E-state index contributed by atoms with van der Waals surface area (Å²) in [6, 6.07) is 12.4. The van der Waals surface area contributed by atoms with Crippen LogP contribution in [0.2, 0.25) is 0 Å². The van der Waals surface area contributed by atoms with Crippen LogP contribution in [0.3, 0.4) is 0 Å². The molecule has 1 atom stereocenters. The minimum atomic E-state index is -2.38. The molecule has 0 radical (unpaired) electrons. The molecule has 1 unspecified atom stereocenters. The van der Waals surface area contributed by atoms with E-state index in [0.717, 1.165) is 0 Å². The number of benzene rings is 2. The molecule has 0 aliphatic carbocycles. The van der Waals surface area contributed by atoms with E-state index in [1.54, 1.807) is 54.9 Å². The minimum absolute atomic E-state index is 0.216. The summed E-state index contributed by atoms with van der Waals surface area (Å²) < 4.78 is 35.1. The summed E-state index contributed by atoms with van der Waals surface area (Å²) in [4.78, 5) is 8.16. The molecule has 2 aromatic carbocycles. The van der Waals surface area contributed by atoms with Gasteiger partial charge in [0.15, 0.2) is 5.76 Å². The number of halogens is 1. The third kappa shape index (κ3) is 3.81. The lowest BCUT2D eigenvalue weighted by molar-refractivity contribution is 0.580. The normalized spacial score (nSPS) is 13.2. The SMILES string of the molecule is C=S(C)(=O)Nc1cccc(Nc2ncc(-c3ccc4cnccc4c3F)o2)c1. The summed E-state index contributed by atoms with van der Waals surface area (Å²) in [6.07, 6.45) is 6.13. The van der Waals surface area contributed by atoms with Crippen molar-refractivity contribution < 1.29 is 13.0 Å². The summed E-state index contributed by atoms with van der Waals surface area (Å²) in [5.41, 5.74) is 1.64. The fraction of sp³-hybridized carbons (Fsp3) is 0.0500. The van der Waals surface area contributed by atoms with Crippen LogP contribution in [0.4, 0.5) is 21.8 Å². The van der Waals surface area contributed by atoms with E-state index in [1.165, 1.54) is 12.5 Å². The Morgan fingerprint density at radius 1 is 1.14 bits per heavy atom. The number of anilines is 3. The van der Waals surface area contributed by atoms with E-state index in [-0.39, 0.29) is 11.8 Å². The van der Waals surface area contributed by atoms with E-state index < -0.39 is 9.71 Å². The first-order valence-corrected chi connectivity index (χ1v) is 10.5. The smallest absolute Gasteiger partial charge is 0.299 e. The second-order valence-corrected chi connectivity index (χ2v) is 8.58. The summed E-state index contributed by atoms with van der Waals surface area (Å²) in [7, 11) is -2.38. The molecule has 0 spiro atoms. The quantitative estimate of drug-likeness (QED) is 0.487. The van der Waals surface area contributed by atoms with Crippen molar-refractivity contribution in [2.75, 3.05) is 16.3 Å².